The van der Waals surface area contributed by atoms with Gasteiger partial charge in [-0.15, -0.1) is 0 Å². The molecular formula is C13H16O4. The molecule has 0 unspecified atom stereocenters. The van der Waals surface area contributed by atoms with Crippen molar-refractivity contribution in [3.63, 3.8) is 0 Å². The number of carbonyl (C=O) groups excluding carboxylic acids is 2. The van der Waals surface area contributed by atoms with Crippen molar-refractivity contribution in [3.8, 4) is 5.75 Å². The van der Waals surface area contributed by atoms with E-state index in [1.807, 2.05) is 0 Å². The van der Waals surface area contributed by atoms with Gasteiger partial charge in [0.25, 0.3) is 0 Å². The van der Waals surface area contributed by atoms with Crippen LogP contribution in [0.1, 0.15) is 18.9 Å². The highest BCUT2D eigenvalue weighted by atomic mass is 16.5. The topological polar surface area (TPSA) is 52.6 Å². The van der Waals surface area contributed by atoms with Crippen molar-refractivity contribution in [2.45, 2.75) is 18.8 Å². The molecule has 4 heteroatoms. The van der Waals surface area contributed by atoms with Gasteiger partial charge < -0.3 is 14.3 Å². The van der Waals surface area contributed by atoms with E-state index in [-0.39, 0.29) is 6.42 Å². The van der Waals surface area contributed by atoms with Gasteiger partial charge in [0.2, 0.25) is 0 Å². The van der Waals surface area contributed by atoms with Gasteiger partial charge in [0.05, 0.1) is 19.6 Å². The van der Waals surface area contributed by atoms with Crippen molar-refractivity contribution < 1.29 is 19.1 Å². The van der Waals surface area contributed by atoms with Crippen molar-refractivity contribution in [3.05, 3.63) is 29.8 Å². The summed E-state index contributed by atoms with van der Waals surface area (Å²) in [5, 5.41) is 0. The zero-order valence-corrected chi connectivity index (χ0v) is 10.2. The normalized spacial score (nSPS) is 13.6. The standard InChI is InChI=1S/C13H16O4/c1-13(8-9-14,12(15)17-3)10-4-6-11(16-2)7-5-10/h4-7,9H,8H2,1-3H3/t13-/m1/s1. The van der Waals surface area contributed by atoms with Crippen LogP contribution in [0.2, 0.25) is 0 Å². The van der Waals surface area contributed by atoms with Crippen LogP contribution in [0.3, 0.4) is 0 Å². The minimum absolute atomic E-state index is 0.0893. The van der Waals surface area contributed by atoms with Crippen LogP contribution in [0.15, 0.2) is 24.3 Å². The average molecular weight is 236 g/mol. The smallest absolute Gasteiger partial charge is 0.316 e. The molecule has 0 saturated carbocycles. The van der Waals surface area contributed by atoms with Crippen molar-refractivity contribution in [2.24, 2.45) is 0 Å². The largest absolute Gasteiger partial charge is 0.497 e. The van der Waals surface area contributed by atoms with Crippen LogP contribution in [0.5, 0.6) is 5.75 Å². The summed E-state index contributed by atoms with van der Waals surface area (Å²) in [6, 6.07) is 7.03. The Morgan fingerprint density at radius 1 is 1.29 bits per heavy atom. The summed E-state index contributed by atoms with van der Waals surface area (Å²) >= 11 is 0. The predicted molar refractivity (Wildman–Crippen MR) is 63.0 cm³/mol. The summed E-state index contributed by atoms with van der Waals surface area (Å²) in [6.45, 7) is 1.69. The van der Waals surface area contributed by atoms with Crippen molar-refractivity contribution >= 4 is 12.3 Å². The molecule has 0 aliphatic heterocycles. The van der Waals surface area contributed by atoms with Crippen LogP contribution < -0.4 is 4.74 Å². The Balaban J connectivity index is 3.12. The fourth-order valence-corrected chi connectivity index (χ4v) is 1.67. The molecule has 92 valence electrons. The lowest BCUT2D eigenvalue weighted by Gasteiger charge is -2.25. The minimum atomic E-state index is -0.942. The van der Waals surface area contributed by atoms with Gasteiger partial charge in [-0.25, -0.2) is 0 Å². The summed E-state index contributed by atoms with van der Waals surface area (Å²) in [6.07, 6.45) is 0.813. The summed E-state index contributed by atoms with van der Waals surface area (Å²) in [7, 11) is 2.88. The number of esters is 1. The third-order valence-electron chi connectivity index (χ3n) is 2.85. The van der Waals surface area contributed by atoms with E-state index in [0.717, 1.165) is 11.8 Å². The highest BCUT2D eigenvalue weighted by Crippen LogP contribution is 2.29. The van der Waals surface area contributed by atoms with Gasteiger partial charge in [-0.1, -0.05) is 12.1 Å². The molecule has 1 atom stereocenters. The summed E-state index contributed by atoms with van der Waals surface area (Å²) in [5.74, 6) is 0.279. The number of carbonyl (C=O) groups is 2. The lowest BCUT2D eigenvalue weighted by Crippen LogP contribution is -2.34. The van der Waals surface area contributed by atoms with Crippen LogP contribution in [0, 0.1) is 0 Å². The molecule has 0 N–H and O–H groups in total. The molecule has 0 saturated heterocycles. The van der Waals surface area contributed by atoms with E-state index in [0.29, 0.717) is 5.75 Å². The molecule has 0 aromatic heterocycles. The monoisotopic (exact) mass is 236 g/mol. The van der Waals surface area contributed by atoms with Crippen LogP contribution in [0.25, 0.3) is 0 Å². The van der Waals surface area contributed by atoms with E-state index < -0.39 is 11.4 Å². The van der Waals surface area contributed by atoms with Crippen molar-refractivity contribution in [1.82, 2.24) is 0 Å². The average Bonchev–Trinajstić information content (AvgIpc) is 2.38. The van der Waals surface area contributed by atoms with Gasteiger partial charge in [0, 0.05) is 6.42 Å². The molecular weight excluding hydrogens is 220 g/mol. The van der Waals surface area contributed by atoms with E-state index in [1.54, 1.807) is 38.3 Å². The maximum absolute atomic E-state index is 11.8. The van der Waals surface area contributed by atoms with Gasteiger partial charge in [0.15, 0.2) is 0 Å². The van der Waals surface area contributed by atoms with E-state index in [4.69, 9.17) is 9.47 Å². The predicted octanol–water partition coefficient (Wildman–Crippen LogP) is 1.71. The first kappa shape index (κ1) is 13.2. The van der Waals surface area contributed by atoms with E-state index in [9.17, 15) is 9.59 Å². The molecule has 0 fully saturated rings. The Bertz CT molecular complexity index is 396. The summed E-state index contributed by atoms with van der Waals surface area (Å²) < 4.78 is 9.79. The number of methoxy groups -OCH3 is 2. The molecule has 0 aliphatic carbocycles. The number of benzene rings is 1. The molecule has 0 radical (unpaired) electrons. The highest BCUT2D eigenvalue weighted by Gasteiger charge is 2.35. The Morgan fingerprint density at radius 3 is 2.29 bits per heavy atom. The zero-order chi connectivity index (χ0) is 12.9. The SMILES string of the molecule is COC(=O)[C@](C)(CC=O)c1ccc(OC)cc1. The summed E-state index contributed by atoms with van der Waals surface area (Å²) in [5.41, 5.74) is -0.208. The number of hydrogen-bond acceptors (Lipinski definition) is 4. The first-order valence-electron chi connectivity index (χ1n) is 5.25. The van der Waals surface area contributed by atoms with Crippen LogP contribution in [0.4, 0.5) is 0 Å². The van der Waals surface area contributed by atoms with E-state index >= 15 is 0 Å². The molecule has 0 heterocycles. The van der Waals surface area contributed by atoms with Crippen LogP contribution in [-0.2, 0) is 19.7 Å². The second kappa shape index (κ2) is 5.48. The molecule has 4 nitrogen and oxygen atoms in total. The lowest BCUT2D eigenvalue weighted by molar-refractivity contribution is -0.148. The fraction of sp³-hybridized carbons (Fsp3) is 0.385. The van der Waals surface area contributed by atoms with Gasteiger partial charge in [-0.2, -0.15) is 0 Å². The number of ether oxygens (including phenoxy) is 2. The number of rotatable bonds is 5. The van der Waals surface area contributed by atoms with Gasteiger partial charge >= 0.3 is 5.97 Å². The van der Waals surface area contributed by atoms with Crippen LogP contribution >= 0.6 is 0 Å². The number of hydrogen-bond donors (Lipinski definition) is 0. The Kier molecular flexibility index (Phi) is 4.26. The van der Waals surface area contributed by atoms with E-state index in [2.05, 4.69) is 0 Å². The molecule has 1 aromatic rings. The number of aldehydes is 1. The first-order chi connectivity index (χ1) is 8.08. The zero-order valence-electron chi connectivity index (χ0n) is 10.2. The Labute approximate surface area is 101 Å². The minimum Gasteiger partial charge on any atom is -0.497 e. The lowest BCUT2D eigenvalue weighted by atomic mass is 9.80. The molecule has 17 heavy (non-hydrogen) atoms. The van der Waals surface area contributed by atoms with Gasteiger partial charge in [-0.05, 0) is 24.6 Å². The molecule has 0 spiro atoms. The molecule has 0 aliphatic rings. The fourth-order valence-electron chi connectivity index (χ4n) is 1.67. The van der Waals surface area contributed by atoms with Gasteiger partial charge in [-0.3, -0.25) is 4.79 Å². The first-order valence-corrected chi connectivity index (χ1v) is 5.25. The molecule has 0 amide bonds. The Morgan fingerprint density at radius 2 is 1.88 bits per heavy atom. The molecule has 1 aromatic carbocycles. The van der Waals surface area contributed by atoms with Gasteiger partial charge in [0.1, 0.15) is 12.0 Å². The maximum Gasteiger partial charge on any atom is 0.316 e. The maximum atomic E-state index is 11.8. The molecule has 1 rings (SSSR count). The van der Waals surface area contributed by atoms with E-state index in [1.165, 1.54) is 7.11 Å². The quantitative estimate of drug-likeness (QED) is 0.577. The second-order valence-corrected chi connectivity index (χ2v) is 3.92. The summed E-state index contributed by atoms with van der Waals surface area (Å²) in [4.78, 5) is 22.5. The third-order valence-corrected chi connectivity index (χ3v) is 2.85. The molecule has 0 bridgehead atoms. The third kappa shape index (κ3) is 2.64. The highest BCUT2D eigenvalue weighted by molar-refractivity contribution is 5.85. The second-order valence-electron chi connectivity index (χ2n) is 3.92. The van der Waals surface area contributed by atoms with Crippen molar-refractivity contribution in [2.75, 3.05) is 14.2 Å². The van der Waals surface area contributed by atoms with Crippen molar-refractivity contribution in [1.29, 1.82) is 0 Å². The van der Waals surface area contributed by atoms with Crippen LogP contribution in [-0.4, -0.2) is 26.5 Å². The Hall–Kier alpha value is -1.84.